The topological polar surface area (TPSA) is 47.6 Å². The van der Waals surface area contributed by atoms with E-state index in [0.29, 0.717) is 11.1 Å². The first-order chi connectivity index (χ1) is 24.5. The molecule has 2 nitrogen and oxygen atoms in total. The predicted molar refractivity (Wildman–Crippen MR) is 230 cm³/mol. The van der Waals surface area contributed by atoms with Gasteiger partial charge in [-0.2, -0.15) is 10.5 Å². The van der Waals surface area contributed by atoms with Gasteiger partial charge in [-0.3, -0.25) is 0 Å². The lowest BCUT2D eigenvalue weighted by Gasteiger charge is -2.04. The third-order valence-electron chi connectivity index (χ3n) is 9.52. The van der Waals surface area contributed by atoms with E-state index >= 15 is 0 Å². The first-order valence-corrected chi connectivity index (χ1v) is 24.0. The first-order valence-electron chi connectivity index (χ1n) is 19.1. The summed E-state index contributed by atoms with van der Waals surface area (Å²) in [7, 11) is 0. The monoisotopic (exact) mass is 872 g/mol. The van der Waals surface area contributed by atoms with Gasteiger partial charge in [-0.15, -0.1) is 45.3 Å². The molecule has 0 fully saturated rings. The summed E-state index contributed by atoms with van der Waals surface area (Å²) in [6.45, 7) is 4.56. The number of rotatable bonds is 25. The molecule has 270 valence electrons. The van der Waals surface area contributed by atoms with Gasteiger partial charge in [0.1, 0.15) is 12.1 Å². The van der Waals surface area contributed by atoms with Gasteiger partial charge in [-0.25, -0.2) is 0 Å². The summed E-state index contributed by atoms with van der Waals surface area (Å²) >= 11 is 14.4. The van der Waals surface area contributed by atoms with Crippen LogP contribution in [0.25, 0.3) is 29.3 Å². The molecule has 0 aliphatic rings. The smallest absolute Gasteiger partial charge is 0.101 e. The van der Waals surface area contributed by atoms with E-state index in [9.17, 15) is 10.5 Å². The van der Waals surface area contributed by atoms with Crippen LogP contribution in [-0.4, -0.2) is 0 Å². The average Bonchev–Trinajstić information content (AvgIpc) is 3.90. The van der Waals surface area contributed by atoms with Crippen molar-refractivity contribution >= 4 is 77.2 Å². The zero-order valence-corrected chi connectivity index (χ0v) is 36.6. The minimum Gasteiger partial charge on any atom is -0.192 e. The third-order valence-corrected chi connectivity index (χ3v) is 15.7. The Morgan fingerprint density at radius 1 is 0.440 bits per heavy atom. The van der Waals surface area contributed by atoms with Crippen molar-refractivity contribution in [3.63, 3.8) is 0 Å². The molecule has 0 atom stereocenters. The SMILES string of the molecule is CCCCCCCCCCCCc1cc(Br)sc1-c1cc(C#N)c(-c2sc(-c3sc(Br)cc3CCCCCCCCCCCC)cc2C#N)s1. The van der Waals surface area contributed by atoms with Gasteiger partial charge in [0.15, 0.2) is 0 Å². The molecular weight excluding hydrogens is 821 g/mol. The molecule has 4 aromatic heterocycles. The fourth-order valence-corrected chi connectivity index (χ4v) is 12.7. The van der Waals surface area contributed by atoms with E-state index in [0.717, 1.165) is 39.9 Å². The van der Waals surface area contributed by atoms with Crippen molar-refractivity contribution in [2.24, 2.45) is 0 Å². The Bertz CT molecular complexity index is 1540. The Hall–Kier alpha value is -1.26. The van der Waals surface area contributed by atoms with Crippen LogP contribution >= 0.6 is 77.2 Å². The number of unbranched alkanes of at least 4 members (excludes halogenated alkanes) is 18. The summed E-state index contributed by atoms with van der Waals surface area (Å²) in [5, 5.41) is 20.5. The summed E-state index contributed by atoms with van der Waals surface area (Å²) in [4.78, 5) is 6.64. The zero-order valence-electron chi connectivity index (χ0n) is 30.1. The van der Waals surface area contributed by atoms with Crippen molar-refractivity contribution in [3.8, 4) is 41.4 Å². The Kier molecular flexibility index (Phi) is 19.4. The first kappa shape index (κ1) is 41.5. The van der Waals surface area contributed by atoms with Gasteiger partial charge in [0.2, 0.25) is 0 Å². The van der Waals surface area contributed by atoms with Crippen LogP contribution in [0.1, 0.15) is 165 Å². The van der Waals surface area contributed by atoms with Crippen LogP contribution in [0, 0.1) is 22.7 Å². The molecule has 0 aromatic carbocycles. The molecule has 0 spiro atoms. The van der Waals surface area contributed by atoms with Gasteiger partial charge >= 0.3 is 0 Å². The van der Waals surface area contributed by atoms with E-state index in [1.54, 1.807) is 45.3 Å². The Balaban J connectivity index is 1.39. The molecule has 8 heteroatoms. The standard InChI is InChI=1S/C42H54Br2N2S4/c1-3-5-7-9-11-13-15-17-19-21-23-31-27-37(43)49-39(31)35-25-33(29-45)41(47-35)42-34(30-46)26-36(48-42)40-32(28-38(44)50-40)24-22-20-18-16-14-12-10-8-6-4-2/h25-28H,3-24H2,1-2H3. The fourth-order valence-electron chi connectivity index (χ4n) is 6.69. The maximum absolute atomic E-state index is 10.2. The molecule has 50 heavy (non-hydrogen) atoms. The van der Waals surface area contributed by atoms with Gasteiger partial charge in [-0.1, -0.05) is 129 Å². The van der Waals surface area contributed by atoms with Gasteiger partial charge < -0.3 is 0 Å². The Morgan fingerprint density at radius 2 is 0.760 bits per heavy atom. The second kappa shape index (κ2) is 23.4. The summed E-state index contributed by atoms with van der Waals surface area (Å²) in [6, 6.07) is 13.6. The number of nitriles is 2. The van der Waals surface area contributed by atoms with E-state index in [4.69, 9.17) is 0 Å². The van der Waals surface area contributed by atoms with Crippen LogP contribution in [0.2, 0.25) is 0 Å². The maximum Gasteiger partial charge on any atom is 0.101 e. The van der Waals surface area contributed by atoms with E-state index in [2.05, 4.69) is 82.1 Å². The number of hydrogen-bond acceptors (Lipinski definition) is 6. The van der Waals surface area contributed by atoms with Crippen molar-refractivity contribution in [2.75, 3.05) is 0 Å². The highest BCUT2D eigenvalue weighted by Gasteiger charge is 2.23. The maximum atomic E-state index is 10.2. The van der Waals surface area contributed by atoms with Crippen LogP contribution in [0.4, 0.5) is 0 Å². The molecule has 4 rings (SSSR count). The van der Waals surface area contributed by atoms with Crippen molar-refractivity contribution < 1.29 is 0 Å². The molecule has 0 N–H and O–H groups in total. The molecule has 0 bridgehead atoms. The zero-order chi connectivity index (χ0) is 35.6. The van der Waals surface area contributed by atoms with Crippen LogP contribution in [-0.2, 0) is 12.8 Å². The van der Waals surface area contributed by atoms with Gasteiger partial charge in [0.05, 0.1) is 28.5 Å². The number of thiophene rings is 4. The quantitative estimate of drug-likeness (QED) is 0.0623. The number of nitrogens with zero attached hydrogens (tertiary/aromatic N) is 2. The van der Waals surface area contributed by atoms with Crippen LogP contribution in [0.5, 0.6) is 0 Å². The molecular formula is C42H54Br2N2S4. The number of hydrogen-bond donors (Lipinski definition) is 0. The van der Waals surface area contributed by atoms with Gasteiger partial charge in [0, 0.05) is 19.5 Å². The summed E-state index contributed by atoms with van der Waals surface area (Å²) < 4.78 is 2.27. The van der Waals surface area contributed by atoms with E-state index in [1.807, 2.05) is 0 Å². The molecule has 0 amide bonds. The highest BCUT2D eigenvalue weighted by atomic mass is 79.9. The largest absolute Gasteiger partial charge is 0.192 e. The molecule has 0 unspecified atom stereocenters. The normalized spacial score (nSPS) is 11.3. The van der Waals surface area contributed by atoms with E-state index in [1.165, 1.54) is 149 Å². The van der Waals surface area contributed by atoms with Crippen molar-refractivity contribution in [1.82, 2.24) is 0 Å². The summed E-state index contributed by atoms with van der Waals surface area (Å²) in [5.41, 5.74) is 4.07. The summed E-state index contributed by atoms with van der Waals surface area (Å²) in [6.07, 6.45) is 28.8. The van der Waals surface area contributed by atoms with E-state index < -0.39 is 0 Å². The predicted octanol–water partition coefficient (Wildman–Crippen LogP) is 17.1. The second-order valence-electron chi connectivity index (χ2n) is 13.6. The van der Waals surface area contributed by atoms with Crippen molar-refractivity contribution in [3.05, 3.63) is 54.1 Å². The lowest BCUT2D eigenvalue weighted by molar-refractivity contribution is 0.556. The highest BCUT2D eigenvalue weighted by molar-refractivity contribution is 9.11. The lowest BCUT2D eigenvalue weighted by atomic mass is 10.0. The minimum atomic E-state index is 0.669. The van der Waals surface area contributed by atoms with E-state index in [-0.39, 0.29) is 0 Å². The molecule has 4 heterocycles. The van der Waals surface area contributed by atoms with Crippen LogP contribution in [0.15, 0.2) is 31.8 Å². The number of aryl methyl sites for hydroxylation is 2. The highest BCUT2D eigenvalue weighted by Crippen LogP contribution is 2.49. The molecule has 0 radical (unpaired) electrons. The molecule has 0 aliphatic heterocycles. The second-order valence-corrected chi connectivity index (χ2v) is 20.6. The molecule has 0 saturated carbocycles. The van der Waals surface area contributed by atoms with Crippen LogP contribution in [0.3, 0.4) is 0 Å². The molecule has 0 aliphatic carbocycles. The summed E-state index contributed by atoms with van der Waals surface area (Å²) in [5.74, 6) is 0. The lowest BCUT2D eigenvalue weighted by Crippen LogP contribution is -1.86. The van der Waals surface area contributed by atoms with Crippen LogP contribution < -0.4 is 0 Å². The average molecular weight is 875 g/mol. The van der Waals surface area contributed by atoms with Gasteiger partial charge in [0.25, 0.3) is 0 Å². The molecule has 4 aromatic rings. The van der Waals surface area contributed by atoms with Crippen molar-refractivity contribution in [1.29, 1.82) is 10.5 Å². The minimum absolute atomic E-state index is 0.669. The third kappa shape index (κ3) is 13.0. The van der Waals surface area contributed by atoms with Gasteiger partial charge in [-0.05, 0) is 92.9 Å². The molecule has 0 saturated heterocycles. The Morgan fingerprint density at radius 3 is 1.08 bits per heavy atom. The Labute approximate surface area is 335 Å². The number of halogens is 2. The fraction of sp³-hybridized carbons (Fsp3) is 0.571. The van der Waals surface area contributed by atoms with Crippen molar-refractivity contribution in [2.45, 2.75) is 155 Å².